The number of hydrogen-bond acceptors (Lipinski definition) is 4. The number of likely N-dealkylation sites (tertiary alicyclic amines) is 1. The minimum atomic E-state index is 0.908. The van der Waals surface area contributed by atoms with Gasteiger partial charge in [-0.3, -0.25) is 4.90 Å². The highest BCUT2D eigenvalue weighted by molar-refractivity contribution is 7.09. The minimum Gasteiger partial charge on any atom is -0.311 e. The van der Waals surface area contributed by atoms with Gasteiger partial charge in [-0.05, 0) is 44.8 Å². The van der Waals surface area contributed by atoms with Crippen LogP contribution in [-0.2, 0) is 13.1 Å². The van der Waals surface area contributed by atoms with Crippen molar-refractivity contribution in [3.63, 3.8) is 0 Å². The molecule has 1 fully saturated rings. The van der Waals surface area contributed by atoms with E-state index >= 15 is 0 Å². The van der Waals surface area contributed by atoms with E-state index in [9.17, 15) is 0 Å². The fourth-order valence-corrected chi connectivity index (χ4v) is 3.27. The molecule has 19 heavy (non-hydrogen) atoms. The fourth-order valence-electron chi connectivity index (χ4n) is 2.43. The van der Waals surface area contributed by atoms with Gasteiger partial charge in [0.15, 0.2) is 0 Å². The third kappa shape index (κ3) is 5.21. The molecule has 0 aromatic carbocycles. The van der Waals surface area contributed by atoms with Gasteiger partial charge in [0, 0.05) is 11.9 Å². The van der Waals surface area contributed by atoms with Gasteiger partial charge in [-0.15, -0.1) is 11.3 Å². The van der Waals surface area contributed by atoms with Gasteiger partial charge >= 0.3 is 0 Å². The Kier molecular flexibility index (Phi) is 6.28. The Balaban J connectivity index is 1.71. The zero-order valence-electron chi connectivity index (χ0n) is 12.3. The molecule has 1 aromatic heterocycles. The molecule has 3 nitrogen and oxygen atoms in total. The van der Waals surface area contributed by atoms with Crippen LogP contribution in [0.25, 0.3) is 0 Å². The Morgan fingerprint density at radius 1 is 1.42 bits per heavy atom. The summed E-state index contributed by atoms with van der Waals surface area (Å²) >= 11 is 1.82. The molecule has 4 heteroatoms. The van der Waals surface area contributed by atoms with Crippen molar-refractivity contribution in [2.75, 3.05) is 19.6 Å². The summed E-state index contributed by atoms with van der Waals surface area (Å²) in [4.78, 5) is 7.28. The molecule has 0 spiro atoms. The maximum Gasteiger partial charge on any atom is 0.107 e. The van der Waals surface area contributed by atoms with E-state index in [1.807, 2.05) is 11.3 Å². The molecule has 0 atom stereocenters. The summed E-state index contributed by atoms with van der Waals surface area (Å²) in [6, 6.07) is 0. The fraction of sp³-hybridized carbons (Fsp3) is 0.800. The van der Waals surface area contributed by atoms with Crippen LogP contribution in [-0.4, -0.2) is 29.5 Å². The Labute approximate surface area is 121 Å². The molecule has 0 unspecified atom stereocenters. The second-order valence-electron chi connectivity index (χ2n) is 5.72. The highest BCUT2D eigenvalue weighted by Gasteiger charge is 2.16. The maximum absolute atomic E-state index is 4.74. The van der Waals surface area contributed by atoms with Gasteiger partial charge in [-0.25, -0.2) is 4.98 Å². The van der Waals surface area contributed by atoms with Crippen LogP contribution in [0.15, 0.2) is 5.38 Å². The van der Waals surface area contributed by atoms with E-state index in [2.05, 4.69) is 29.4 Å². The standard InChI is InChI=1S/C15H27N3S/c1-3-4-7-16-10-14-12-19-15(17-14)11-18-8-5-13(2)6-9-18/h12-13,16H,3-11H2,1-2H3. The van der Waals surface area contributed by atoms with Crippen LogP contribution in [0.3, 0.4) is 0 Å². The van der Waals surface area contributed by atoms with Crippen molar-refractivity contribution in [1.29, 1.82) is 0 Å². The van der Waals surface area contributed by atoms with E-state index in [0.29, 0.717) is 0 Å². The molecule has 1 aliphatic rings. The first-order valence-corrected chi connectivity index (χ1v) is 8.52. The Hall–Kier alpha value is -0.450. The molecule has 0 saturated carbocycles. The Morgan fingerprint density at radius 3 is 2.95 bits per heavy atom. The number of piperidine rings is 1. The molecule has 1 saturated heterocycles. The third-order valence-electron chi connectivity index (χ3n) is 3.85. The molecule has 2 rings (SSSR count). The summed E-state index contributed by atoms with van der Waals surface area (Å²) in [6.45, 7) is 10.1. The van der Waals surface area contributed by atoms with Crippen LogP contribution < -0.4 is 5.32 Å². The van der Waals surface area contributed by atoms with Crippen LogP contribution in [0.4, 0.5) is 0 Å². The van der Waals surface area contributed by atoms with E-state index in [1.54, 1.807) is 0 Å². The van der Waals surface area contributed by atoms with E-state index in [0.717, 1.165) is 25.6 Å². The Morgan fingerprint density at radius 2 is 2.21 bits per heavy atom. The van der Waals surface area contributed by atoms with Crippen molar-refractivity contribution in [2.45, 2.75) is 52.6 Å². The van der Waals surface area contributed by atoms with Crippen molar-refractivity contribution in [2.24, 2.45) is 5.92 Å². The second kappa shape index (κ2) is 7.98. The SMILES string of the molecule is CCCCNCc1csc(CN2CCC(C)CC2)n1. The molecule has 0 aliphatic carbocycles. The summed E-state index contributed by atoms with van der Waals surface area (Å²) in [5.41, 5.74) is 1.21. The maximum atomic E-state index is 4.74. The van der Waals surface area contributed by atoms with E-state index in [1.165, 1.54) is 49.5 Å². The molecule has 0 amide bonds. The third-order valence-corrected chi connectivity index (χ3v) is 4.73. The highest BCUT2D eigenvalue weighted by Crippen LogP contribution is 2.19. The molecule has 1 N–H and O–H groups in total. The minimum absolute atomic E-state index is 0.908. The van der Waals surface area contributed by atoms with Gasteiger partial charge in [0.05, 0.1) is 12.2 Å². The number of rotatable bonds is 7. The highest BCUT2D eigenvalue weighted by atomic mass is 32.1. The molecular weight excluding hydrogens is 254 g/mol. The number of nitrogens with zero attached hydrogens (tertiary/aromatic N) is 2. The number of unbranched alkanes of at least 4 members (excludes halogenated alkanes) is 1. The van der Waals surface area contributed by atoms with Crippen molar-refractivity contribution in [1.82, 2.24) is 15.2 Å². The van der Waals surface area contributed by atoms with Crippen LogP contribution in [0.2, 0.25) is 0 Å². The van der Waals surface area contributed by atoms with Crippen LogP contribution in [0, 0.1) is 5.92 Å². The van der Waals surface area contributed by atoms with Crippen molar-refractivity contribution < 1.29 is 0 Å². The summed E-state index contributed by atoms with van der Waals surface area (Å²) in [5, 5.41) is 6.94. The summed E-state index contributed by atoms with van der Waals surface area (Å²) in [6.07, 6.45) is 5.19. The monoisotopic (exact) mass is 281 g/mol. The summed E-state index contributed by atoms with van der Waals surface area (Å²) in [5.74, 6) is 0.908. The number of nitrogens with one attached hydrogen (secondary N) is 1. The molecular formula is C15H27N3S. The second-order valence-corrected chi connectivity index (χ2v) is 6.66. The van der Waals surface area contributed by atoms with Crippen LogP contribution in [0.5, 0.6) is 0 Å². The van der Waals surface area contributed by atoms with Gasteiger partial charge in [-0.2, -0.15) is 0 Å². The van der Waals surface area contributed by atoms with Gasteiger partial charge in [0.25, 0.3) is 0 Å². The Bertz CT molecular complexity index is 356. The smallest absolute Gasteiger partial charge is 0.107 e. The number of aromatic nitrogens is 1. The lowest BCUT2D eigenvalue weighted by atomic mass is 9.99. The molecule has 1 aromatic rings. The first-order chi connectivity index (χ1) is 9.28. The number of thiazole rings is 1. The van der Waals surface area contributed by atoms with Crippen LogP contribution >= 0.6 is 11.3 Å². The van der Waals surface area contributed by atoms with Gasteiger partial charge in [-0.1, -0.05) is 20.3 Å². The molecule has 0 radical (unpaired) electrons. The number of hydrogen-bond donors (Lipinski definition) is 1. The molecule has 1 aliphatic heterocycles. The lowest BCUT2D eigenvalue weighted by molar-refractivity contribution is 0.185. The topological polar surface area (TPSA) is 28.2 Å². The van der Waals surface area contributed by atoms with Gasteiger partial charge < -0.3 is 5.32 Å². The first-order valence-electron chi connectivity index (χ1n) is 7.64. The van der Waals surface area contributed by atoms with Crippen molar-refractivity contribution in [3.05, 3.63) is 16.1 Å². The largest absolute Gasteiger partial charge is 0.311 e. The van der Waals surface area contributed by atoms with E-state index < -0.39 is 0 Å². The molecule has 0 bridgehead atoms. The predicted molar refractivity (Wildman–Crippen MR) is 82.4 cm³/mol. The van der Waals surface area contributed by atoms with Gasteiger partial charge in [0.2, 0.25) is 0 Å². The van der Waals surface area contributed by atoms with Crippen molar-refractivity contribution >= 4 is 11.3 Å². The molecule has 2 heterocycles. The zero-order valence-corrected chi connectivity index (χ0v) is 13.1. The van der Waals surface area contributed by atoms with Crippen LogP contribution in [0.1, 0.15) is 50.2 Å². The first kappa shape index (κ1) is 14.9. The average molecular weight is 281 g/mol. The lowest BCUT2D eigenvalue weighted by Crippen LogP contribution is -2.32. The predicted octanol–water partition coefficient (Wildman–Crippen LogP) is 3.26. The molecule has 108 valence electrons. The quantitative estimate of drug-likeness (QED) is 0.778. The van der Waals surface area contributed by atoms with Crippen molar-refractivity contribution in [3.8, 4) is 0 Å². The zero-order chi connectivity index (χ0) is 13.5. The average Bonchev–Trinajstić information content (AvgIpc) is 2.85. The normalized spacial score (nSPS) is 18.0. The summed E-state index contributed by atoms with van der Waals surface area (Å²) < 4.78 is 0. The summed E-state index contributed by atoms with van der Waals surface area (Å²) in [7, 11) is 0. The lowest BCUT2D eigenvalue weighted by Gasteiger charge is -2.29. The van der Waals surface area contributed by atoms with E-state index in [4.69, 9.17) is 4.98 Å². The van der Waals surface area contributed by atoms with E-state index in [-0.39, 0.29) is 0 Å². The van der Waals surface area contributed by atoms with Gasteiger partial charge in [0.1, 0.15) is 5.01 Å².